The van der Waals surface area contributed by atoms with Crippen molar-refractivity contribution >= 4 is 0 Å². The molecule has 2 N–H and O–H groups in total. The van der Waals surface area contributed by atoms with E-state index >= 15 is 0 Å². The zero-order valence-electron chi connectivity index (χ0n) is 11.3. The topological polar surface area (TPSA) is 45.1 Å². The molecule has 0 aliphatic carbocycles. The molecule has 0 aromatic carbocycles. The average Bonchev–Trinajstić information content (AvgIpc) is 2.25. The first-order chi connectivity index (χ1) is 7.91. The summed E-state index contributed by atoms with van der Waals surface area (Å²) in [5, 5.41) is 13.6. The van der Waals surface area contributed by atoms with Crippen molar-refractivity contribution in [3.63, 3.8) is 0 Å². The van der Waals surface area contributed by atoms with Crippen LogP contribution in [0.3, 0.4) is 0 Å². The number of rotatable bonds is 6. The molecule has 1 aromatic heterocycles. The van der Waals surface area contributed by atoms with E-state index in [9.17, 15) is 5.11 Å². The van der Waals surface area contributed by atoms with Gasteiger partial charge in [0, 0.05) is 25.0 Å². The van der Waals surface area contributed by atoms with Crippen LogP contribution in [-0.4, -0.2) is 22.2 Å². The maximum Gasteiger partial charge on any atom is 0.0746 e. The molecule has 1 rings (SSSR count). The largest absolute Gasteiger partial charge is 0.389 e. The first-order valence-electron chi connectivity index (χ1n) is 6.26. The van der Waals surface area contributed by atoms with Gasteiger partial charge in [0.15, 0.2) is 0 Å². The van der Waals surface area contributed by atoms with Crippen LogP contribution in [0.1, 0.15) is 45.7 Å². The number of pyridine rings is 1. The van der Waals surface area contributed by atoms with Crippen LogP contribution in [0.2, 0.25) is 0 Å². The summed E-state index contributed by atoms with van der Waals surface area (Å²) < 4.78 is 0. The number of aliphatic hydroxyl groups is 1. The fourth-order valence-corrected chi connectivity index (χ4v) is 2.09. The number of hydrogen-bond donors (Lipinski definition) is 2. The Kier molecular flexibility index (Phi) is 5.09. The van der Waals surface area contributed by atoms with Gasteiger partial charge >= 0.3 is 0 Å². The molecule has 0 radical (unpaired) electrons. The summed E-state index contributed by atoms with van der Waals surface area (Å²) in [7, 11) is 0. The molecule has 1 aromatic rings. The number of nitrogens with one attached hydrogen (secondary N) is 1. The van der Waals surface area contributed by atoms with Gasteiger partial charge in [0.1, 0.15) is 0 Å². The van der Waals surface area contributed by atoms with Crippen molar-refractivity contribution in [3.8, 4) is 0 Å². The monoisotopic (exact) mass is 236 g/mol. The molecule has 0 saturated carbocycles. The summed E-state index contributed by atoms with van der Waals surface area (Å²) in [5.74, 6) is 0.503. The van der Waals surface area contributed by atoms with Gasteiger partial charge in [-0.05, 0) is 43.9 Å². The Morgan fingerprint density at radius 2 is 1.88 bits per heavy atom. The molecular weight excluding hydrogens is 212 g/mol. The van der Waals surface area contributed by atoms with Gasteiger partial charge in [0.05, 0.1) is 5.60 Å². The summed E-state index contributed by atoms with van der Waals surface area (Å²) in [6.45, 7) is 8.84. The second-order valence-corrected chi connectivity index (χ2v) is 5.48. The van der Waals surface area contributed by atoms with E-state index in [0.717, 1.165) is 6.42 Å². The fourth-order valence-electron chi connectivity index (χ4n) is 2.09. The molecular formula is C14H24N2O. The quantitative estimate of drug-likeness (QED) is 0.798. The van der Waals surface area contributed by atoms with Crippen LogP contribution >= 0.6 is 0 Å². The van der Waals surface area contributed by atoms with Crippen LogP contribution in [0.25, 0.3) is 0 Å². The predicted molar refractivity (Wildman–Crippen MR) is 70.7 cm³/mol. The van der Waals surface area contributed by atoms with Crippen molar-refractivity contribution in [2.75, 3.05) is 6.54 Å². The summed E-state index contributed by atoms with van der Waals surface area (Å²) in [5.41, 5.74) is 0.551. The molecule has 0 saturated heterocycles. The van der Waals surface area contributed by atoms with E-state index in [-0.39, 0.29) is 6.04 Å². The maximum absolute atomic E-state index is 10.2. The molecule has 1 heterocycles. The summed E-state index contributed by atoms with van der Waals surface area (Å²) in [6.07, 6.45) is 4.39. The van der Waals surface area contributed by atoms with Crippen molar-refractivity contribution in [1.82, 2.24) is 10.3 Å². The molecule has 2 atom stereocenters. The minimum Gasteiger partial charge on any atom is -0.389 e. The van der Waals surface area contributed by atoms with Gasteiger partial charge in [-0.25, -0.2) is 0 Å². The van der Waals surface area contributed by atoms with Gasteiger partial charge in [-0.15, -0.1) is 0 Å². The molecule has 2 unspecified atom stereocenters. The first-order valence-corrected chi connectivity index (χ1v) is 6.26. The van der Waals surface area contributed by atoms with Crippen LogP contribution in [-0.2, 0) is 0 Å². The molecule has 0 fully saturated rings. The molecule has 0 amide bonds. The minimum absolute atomic E-state index is 0.233. The van der Waals surface area contributed by atoms with Gasteiger partial charge < -0.3 is 10.4 Å². The van der Waals surface area contributed by atoms with Crippen molar-refractivity contribution in [2.24, 2.45) is 5.92 Å². The standard InChI is InChI=1S/C14H24N2O/c1-11(2)9-14(4,17)10-16-12(3)13-5-7-15-8-6-13/h5-8,11-12,16-17H,9-10H2,1-4H3. The Bertz CT molecular complexity index is 322. The maximum atomic E-state index is 10.2. The third kappa shape index (κ3) is 5.29. The van der Waals surface area contributed by atoms with Gasteiger partial charge in [-0.2, -0.15) is 0 Å². The average molecular weight is 236 g/mol. The summed E-state index contributed by atoms with van der Waals surface area (Å²) >= 11 is 0. The van der Waals surface area contributed by atoms with E-state index in [4.69, 9.17) is 0 Å². The predicted octanol–water partition coefficient (Wildman–Crippen LogP) is 2.53. The SMILES string of the molecule is CC(C)CC(C)(O)CNC(C)c1ccncc1. The van der Waals surface area contributed by atoms with Gasteiger partial charge in [0.25, 0.3) is 0 Å². The lowest BCUT2D eigenvalue weighted by Crippen LogP contribution is -2.39. The van der Waals surface area contributed by atoms with Gasteiger partial charge in [-0.3, -0.25) is 4.98 Å². The molecule has 0 aliphatic heterocycles. The van der Waals surface area contributed by atoms with Crippen LogP contribution in [0.15, 0.2) is 24.5 Å². The highest BCUT2D eigenvalue weighted by Gasteiger charge is 2.22. The van der Waals surface area contributed by atoms with E-state index < -0.39 is 5.60 Å². The van der Waals surface area contributed by atoms with E-state index in [0.29, 0.717) is 12.5 Å². The van der Waals surface area contributed by atoms with E-state index in [1.807, 2.05) is 19.1 Å². The molecule has 96 valence electrons. The highest BCUT2D eigenvalue weighted by molar-refractivity contribution is 5.13. The Morgan fingerprint density at radius 3 is 2.41 bits per heavy atom. The van der Waals surface area contributed by atoms with Crippen molar-refractivity contribution in [1.29, 1.82) is 0 Å². The van der Waals surface area contributed by atoms with Crippen molar-refractivity contribution in [3.05, 3.63) is 30.1 Å². The molecule has 3 heteroatoms. The number of nitrogens with zero attached hydrogens (tertiary/aromatic N) is 1. The van der Waals surface area contributed by atoms with Gasteiger partial charge in [0.2, 0.25) is 0 Å². The highest BCUT2D eigenvalue weighted by Crippen LogP contribution is 2.17. The third-order valence-corrected chi connectivity index (χ3v) is 2.84. The summed E-state index contributed by atoms with van der Waals surface area (Å²) in [6, 6.07) is 4.22. The van der Waals surface area contributed by atoms with Crippen LogP contribution in [0.4, 0.5) is 0 Å². The molecule has 17 heavy (non-hydrogen) atoms. The normalized spacial score (nSPS) is 16.8. The Hall–Kier alpha value is -0.930. The first kappa shape index (κ1) is 14.1. The minimum atomic E-state index is -0.643. The lowest BCUT2D eigenvalue weighted by Gasteiger charge is -2.27. The fraction of sp³-hybridized carbons (Fsp3) is 0.643. The molecule has 0 bridgehead atoms. The molecule has 0 spiro atoms. The van der Waals surface area contributed by atoms with Crippen LogP contribution < -0.4 is 5.32 Å². The number of aromatic nitrogens is 1. The lowest BCUT2D eigenvalue weighted by atomic mass is 9.94. The lowest BCUT2D eigenvalue weighted by molar-refractivity contribution is 0.0363. The smallest absolute Gasteiger partial charge is 0.0746 e. The van der Waals surface area contributed by atoms with Crippen LogP contribution in [0.5, 0.6) is 0 Å². The molecule has 3 nitrogen and oxygen atoms in total. The van der Waals surface area contributed by atoms with E-state index in [1.165, 1.54) is 5.56 Å². The van der Waals surface area contributed by atoms with Crippen molar-refractivity contribution in [2.45, 2.75) is 45.8 Å². The van der Waals surface area contributed by atoms with E-state index in [1.54, 1.807) is 12.4 Å². The van der Waals surface area contributed by atoms with Crippen LogP contribution in [0, 0.1) is 5.92 Å². The second-order valence-electron chi connectivity index (χ2n) is 5.48. The van der Waals surface area contributed by atoms with E-state index in [2.05, 4.69) is 31.1 Å². The van der Waals surface area contributed by atoms with Crippen molar-refractivity contribution < 1.29 is 5.11 Å². The zero-order chi connectivity index (χ0) is 12.9. The Labute approximate surface area is 104 Å². The summed E-state index contributed by atoms with van der Waals surface area (Å²) in [4.78, 5) is 4.00. The number of hydrogen-bond acceptors (Lipinski definition) is 3. The Morgan fingerprint density at radius 1 is 1.29 bits per heavy atom. The Balaban J connectivity index is 2.45. The molecule has 0 aliphatic rings. The zero-order valence-corrected chi connectivity index (χ0v) is 11.3. The highest BCUT2D eigenvalue weighted by atomic mass is 16.3. The second kappa shape index (κ2) is 6.12. The third-order valence-electron chi connectivity index (χ3n) is 2.84. The van der Waals surface area contributed by atoms with Gasteiger partial charge in [-0.1, -0.05) is 13.8 Å².